The van der Waals surface area contributed by atoms with E-state index in [-0.39, 0.29) is 5.56 Å². The van der Waals surface area contributed by atoms with E-state index in [1.165, 1.54) is 6.07 Å². The van der Waals surface area contributed by atoms with Gasteiger partial charge in [0.15, 0.2) is 0 Å². The molecule has 0 radical (unpaired) electrons. The lowest BCUT2D eigenvalue weighted by atomic mass is 10.2. The standard InChI is InChI=1S/C11H15N5O/c1-12-4-3-10-14-9(5-11(17)15-10)8-6-13-16(2)7-8/h5-7,12H,3-4H2,1-2H3,(H,14,15,17). The van der Waals surface area contributed by atoms with E-state index in [1.54, 1.807) is 10.9 Å². The molecule has 2 N–H and O–H groups in total. The first-order chi connectivity index (χ1) is 8.19. The zero-order chi connectivity index (χ0) is 12.3. The van der Waals surface area contributed by atoms with E-state index in [0.717, 1.165) is 12.1 Å². The van der Waals surface area contributed by atoms with Crippen LogP contribution in [0.1, 0.15) is 5.82 Å². The molecule has 2 aromatic rings. The number of nitrogens with one attached hydrogen (secondary N) is 2. The quantitative estimate of drug-likeness (QED) is 0.775. The fraction of sp³-hybridized carbons (Fsp3) is 0.364. The van der Waals surface area contributed by atoms with E-state index >= 15 is 0 Å². The van der Waals surface area contributed by atoms with Crippen LogP contribution in [-0.2, 0) is 13.5 Å². The van der Waals surface area contributed by atoms with Crippen LogP contribution in [0.15, 0.2) is 23.3 Å². The summed E-state index contributed by atoms with van der Waals surface area (Å²) in [7, 11) is 3.70. The van der Waals surface area contributed by atoms with Crippen molar-refractivity contribution in [1.29, 1.82) is 0 Å². The van der Waals surface area contributed by atoms with Gasteiger partial charge in [-0.1, -0.05) is 0 Å². The highest BCUT2D eigenvalue weighted by Gasteiger charge is 2.05. The first-order valence-electron chi connectivity index (χ1n) is 5.43. The number of aryl methyl sites for hydroxylation is 1. The number of likely N-dealkylation sites (N-methyl/N-ethyl adjacent to an activating group) is 1. The molecule has 2 aromatic heterocycles. The molecule has 2 heterocycles. The van der Waals surface area contributed by atoms with Crippen molar-refractivity contribution in [2.45, 2.75) is 6.42 Å². The van der Waals surface area contributed by atoms with Crippen molar-refractivity contribution >= 4 is 0 Å². The van der Waals surface area contributed by atoms with E-state index in [9.17, 15) is 4.79 Å². The Balaban J connectivity index is 2.34. The summed E-state index contributed by atoms with van der Waals surface area (Å²) < 4.78 is 1.69. The maximum absolute atomic E-state index is 11.5. The second-order valence-electron chi connectivity index (χ2n) is 3.83. The Morgan fingerprint density at radius 1 is 1.53 bits per heavy atom. The van der Waals surface area contributed by atoms with Crippen LogP contribution in [0.3, 0.4) is 0 Å². The summed E-state index contributed by atoms with van der Waals surface area (Å²) >= 11 is 0. The zero-order valence-electron chi connectivity index (χ0n) is 9.90. The van der Waals surface area contributed by atoms with Crippen LogP contribution in [0.4, 0.5) is 0 Å². The Kier molecular flexibility index (Phi) is 3.34. The fourth-order valence-corrected chi connectivity index (χ4v) is 1.57. The normalized spacial score (nSPS) is 10.7. The lowest BCUT2D eigenvalue weighted by molar-refractivity contribution is 0.752. The molecule has 0 saturated carbocycles. The van der Waals surface area contributed by atoms with Gasteiger partial charge in [-0.25, -0.2) is 4.98 Å². The highest BCUT2D eigenvalue weighted by atomic mass is 16.1. The van der Waals surface area contributed by atoms with Gasteiger partial charge >= 0.3 is 0 Å². The van der Waals surface area contributed by atoms with E-state index in [4.69, 9.17) is 0 Å². The molecule has 0 aliphatic rings. The highest BCUT2D eigenvalue weighted by molar-refractivity contribution is 5.56. The van der Waals surface area contributed by atoms with Gasteiger partial charge in [0.25, 0.3) is 5.56 Å². The van der Waals surface area contributed by atoms with Gasteiger partial charge in [-0.3, -0.25) is 9.48 Å². The van der Waals surface area contributed by atoms with Crippen molar-refractivity contribution in [2.24, 2.45) is 7.05 Å². The van der Waals surface area contributed by atoms with Gasteiger partial charge in [0.05, 0.1) is 11.9 Å². The number of aromatic amines is 1. The molecule has 6 nitrogen and oxygen atoms in total. The zero-order valence-corrected chi connectivity index (χ0v) is 9.90. The SMILES string of the molecule is CNCCc1nc(-c2cnn(C)c2)cc(=O)[nH]1. The van der Waals surface area contributed by atoms with Gasteiger partial charge in [-0.15, -0.1) is 0 Å². The molecule has 0 fully saturated rings. The number of hydrogen-bond acceptors (Lipinski definition) is 4. The van der Waals surface area contributed by atoms with Crippen LogP contribution >= 0.6 is 0 Å². The Hall–Kier alpha value is -1.95. The van der Waals surface area contributed by atoms with E-state index in [1.807, 2.05) is 20.3 Å². The second-order valence-corrected chi connectivity index (χ2v) is 3.83. The summed E-state index contributed by atoms with van der Waals surface area (Å²) in [6, 6.07) is 1.49. The Bertz CT molecular complexity index is 557. The van der Waals surface area contributed by atoms with Crippen LogP contribution in [0, 0.1) is 0 Å². The fourth-order valence-electron chi connectivity index (χ4n) is 1.57. The predicted molar refractivity (Wildman–Crippen MR) is 64.7 cm³/mol. The van der Waals surface area contributed by atoms with Crippen LogP contribution in [0.25, 0.3) is 11.3 Å². The molecule has 6 heteroatoms. The first-order valence-corrected chi connectivity index (χ1v) is 5.43. The van der Waals surface area contributed by atoms with Crippen LogP contribution in [0.5, 0.6) is 0 Å². The topological polar surface area (TPSA) is 75.6 Å². The molecule has 0 aliphatic carbocycles. The predicted octanol–water partition coefficient (Wildman–Crippen LogP) is -0.0677. The number of H-pyrrole nitrogens is 1. The minimum absolute atomic E-state index is 0.134. The van der Waals surface area contributed by atoms with Crippen molar-refractivity contribution in [3.63, 3.8) is 0 Å². The summed E-state index contributed by atoms with van der Waals surface area (Å²) in [6.45, 7) is 0.777. The van der Waals surface area contributed by atoms with Crippen molar-refractivity contribution in [3.8, 4) is 11.3 Å². The summed E-state index contributed by atoms with van der Waals surface area (Å²) in [4.78, 5) is 18.6. The average molecular weight is 233 g/mol. The monoisotopic (exact) mass is 233 g/mol. The van der Waals surface area contributed by atoms with Gasteiger partial charge in [0.2, 0.25) is 0 Å². The summed E-state index contributed by atoms with van der Waals surface area (Å²) in [5.41, 5.74) is 1.38. The van der Waals surface area contributed by atoms with E-state index in [0.29, 0.717) is 17.9 Å². The van der Waals surface area contributed by atoms with Crippen molar-refractivity contribution in [1.82, 2.24) is 25.1 Å². The molecular weight excluding hydrogens is 218 g/mol. The molecule has 17 heavy (non-hydrogen) atoms. The molecule has 0 saturated heterocycles. The average Bonchev–Trinajstić information content (AvgIpc) is 2.72. The third-order valence-electron chi connectivity index (χ3n) is 2.40. The van der Waals surface area contributed by atoms with Gasteiger partial charge in [0.1, 0.15) is 5.82 Å². The van der Waals surface area contributed by atoms with Crippen LogP contribution in [-0.4, -0.2) is 33.3 Å². The third-order valence-corrected chi connectivity index (χ3v) is 2.40. The minimum atomic E-state index is -0.134. The molecule has 0 amide bonds. The van der Waals surface area contributed by atoms with Gasteiger partial charge in [-0.05, 0) is 7.05 Å². The van der Waals surface area contributed by atoms with Gasteiger partial charge in [0, 0.05) is 37.8 Å². The maximum atomic E-state index is 11.5. The van der Waals surface area contributed by atoms with Crippen LogP contribution < -0.4 is 10.9 Å². The third kappa shape index (κ3) is 2.79. The van der Waals surface area contributed by atoms with E-state index < -0.39 is 0 Å². The number of rotatable bonds is 4. The molecule has 90 valence electrons. The number of nitrogens with zero attached hydrogens (tertiary/aromatic N) is 3. The maximum Gasteiger partial charge on any atom is 0.251 e. The van der Waals surface area contributed by atoms with Gasteiger partial charge < -0.3 is 10.3 Å². The van der Waals surface area contributed by atoms with Crippen molar-refractivity contribution in [2.75, 3.05) is 13.6 Å². The molecule has 0 atom stereocenters. The Morgan fingerprint density at radius 3 is 3.00 bits per heavy atom. The van der Waals surface area contributed by atoms with E-state index in [2.05, 4.69) is 20.4 Å². The van der Waals surface area contributed by atoms with Crippen molar-refractivity contribution in [3.05, 3.63) is 34.6 Å². The Labute approximate surface area is 98.7 Å². The summed E-state index contributed by atoms with van der Waals surface area (Å²) in [6.07, 6.45) is 4.23. The van der Waals surface area contributed by atoms with Crippen LogP contribution in [0.2, 0.25) is 0 Å². The lowest BCUT2D eigenvalue weighted by Crippen LogP contribution is -2.16. The molecule has 0 aliphatic heterocycles. The summed E-state index contributed by atoms with van der Waals surface area (Å²) in [5, 5.41) is 7.09. The highest BCUT2D eigenvalue weighted by Crippen LogP contribution is 2.13. The van der Waals surface area contributed by atoms with Gasteiger partial charge in [-0.2, -0.15) is 5.10 Å². The lowest BCUT2D eigenvalue weighted by Gasteiger charge is -2.02. The van der Waals surface area contributed by atoms with Crippen molar-refractivity contribution < 1.29 is 0 Å². The minimum Gasteiger partial charge on any atom is -0.319 e. The number of hydrogen-bond donors (Lipinski definition) is 2. The molecular formula is C11H15N5O. The molecule has 0 bridgehead atoms. The smallest absolute Gasteiger partial charge is 0.251 e. The second kappa shape index (κ2) is 4.92. The summed E-state index contributed by atoms with van der Waals surface area (Å²) in [5.74, 6) is 0.686. The molecule has 0 unspecified atom stereocenters. The molecule has 0 spiro atoms. The molecule has 2 rings (SSSR count). The molecule has 0 aromatic carbocycles. The Morgan fingerprint density at radius 2 is 2.35 bits per heavy atom. The number of aromatic nitrogens is 4. The first kappa shape index (κ1) is 11.5. The largest absolute Gasteiger partial charge is 0.319 e.